The number of ether oxygens (including phenoxy) is 1. The van der Waals surface area contributed by atoms with Crippen molar-refractivity contribution in [3.05, 3.63) is 66.5 Å². The summed E-state index contributed by atoms with van der Waals surface area (Å²) in [5.74, 6) is 0.0652. The number of nitrogens with zero attached hydrogens (tertiary/aromatic N) is 3. The maximum Gasteiger partial charge on any atom is 0.163 e. The van der Waals surface area contributed by atoms with Crippen LogP contribution in [-0.2, 0) is 4.79 Å². The van der Waals surface area contributed by atoms with E-state index in [0.717, 1.165) is 18.9 Å². The van der Waals surface area contributed by atoms with Gasteiger partial charge in [0.2, 0.25) is 0 Å². The molecule has 1 aliphatic carbocycles. The number of nitrogens with one attached hydrogen (secondary N) is 1. The van der Waals surface area contributed by atoms with E-state index in [1.165, 1.54) is 19.2 Å². The first-order valence-electron chi connectivity index (χ1n) is 11.1. The van der Waals surface area contributed by atoms with Crippen molar-refractivity contribution in [2.24, 2.45) is 0 Å². The number of halogens is 2. The zero-order valence-corrected chi connectivity index (χ0v) is 18.5. The van der Waals surface area contributed by atoms with Gasteiger partial charge in [-0.3, -0.25) is 9.78 Å². The summed E-state index contributed by atoms with van der Waals surface area (Å²) < 4.78 is 33.7. The molecule has 1 N–H and O–H groups in total. The van der Waals surface area contributed by atoms with Crippen molar-refractivity contribution in [3.63, 3.8) is 0 Å². The van der Waals surface area contributed by atoms with Crippen LogP contribution < -0.4 is 10.1 Å². The SMILES string of the molecule is COc1cc(-c2ccc(F)cc2F)cc2c(NC3CCCCC3=O)nc(-c3cccnc3)nc12. The summed E-state index contributed by atoms with van der Waals surface area (Å²) >= 11 is 0. The molecule has 172 valence electrons. The number of rotatable bonds is 5. The quantitative estimate of drug-likeness (QED) is 0.420. The van der Waals surface area contributed by atoms with Crippen molar-refractivity contribution in [1.82, 2.24) is 15.0 Å². The lowest BCUT2D eigenvalue weighted by molar-refractivity contribution is -0.121. The van der Waals surface area contributed by atoms with Crippen molar-refractivity contribution in [2.45, 2.75) is 31.7 Å². The van der Waals surface area contributed by atoms with Crippen LogP contribution in [0.4, 0.5) is 14.6 Å². The van der Waals surface area contributed by atoms with Crippen molar-refractivity contribution in [3.8, 4) is 28.3 Å². The predicted octanol–water partition coefficient (Wildman–Crippen LogP) is 5.57. The topological polar surface area (TPSA) is 77.0 Å². The first-order valence-corrected chi connectivity index (χ1v) is 11.1. The monoisotopic (exact) mass is 460 g/mol. The highest BCUT2D eigenvalue weighted by Gasteiger charge is 2.25. The summed E-state index contributed by atoms with van der Waals surface area (Å²) in [6.07, 6.45) is 6.36. The van der Waals surface area contributed by atoms with Gasteiger partial charge in [-0.1, -0.05) is 6.42 Å². The highest BCUT2D eigenvalue weighted by atomic mass is 19.1. The number of Topliss-reactive ketones (excluding diaryl/α,β-unsaturated/α-hetero) is 1. The number of ketones is 1. The summed E-state index contributed by atoms with van der Waals surface area (Å²) in [5.41, 5.74) is 1.92. The van der Waals surface area contributed by atoms with E-state index < -0.39 is 11.6 Å². The van der Waals surface area contributed by atoms with Gasteiger partial charge >= 0.3 is 0 Å². The third-order valence-corrected chi connectivity index (χ3v) is 6.01. The lowest BCUT2D eigenvalue weighted by atomic mass is 9.94. The number of hydrogen-bond acceptors (Lipinski definition) is 6. The molecule has 1 saturated carbocycles. The average Bonchev–Trinajstić information content (AvgIpc) is 2.85. The van der Waals surface area contributed by atoms with Crippen LogP contribution in [0.5, 0.6) is 5.75 Å². The Morgan fingerprint density at radius 3 is 2.68 bits per heavy atom. The summed E-state index contributed by atoms with van der Waals surface area (Å²) in [4.78, 5) is 26.1. The van der Waals surface area contributed by atoms with Gasteiger partial charge in [-0.2, -0.15) is 0 Å². The molecule has 4 aromatic rings. The zero-order chi connectivity index (χ0) is 23.7. The van der Waals surface area contributed by atoms with Crippen LogP contribution in [0.1, 0.15) is 25.7 Å². The Balaban J connectivity index is 1.73. The first kappa shape index (κ1) is 21.9. The first-order chi connectivity index (χ1) is 16.5. The predicted molar refractivity (Wildman–Crippen MR) is 126 cm³/mol. The number of carbonyl (C=O) groups is 1. The van der Waals surface area contributed by atoms with E-state index in [-0.39, 0.29) is 17.4 Å². The van der Waals surface area contributed by atoms with Crippen LogP contribution in [0.3, 0.4) is 0 Å². The Kier molecular flexibility index (Phi) is 5.88. The second kappa shape index (κ2) is 9.13. The molecule has 2 aromatic heterocycles. The Bertz CT molecular complexity index is 1380. The molecule has 34 heavy (non-hydrogen) atoms. The molecule has 1 aliphatic rings. The van der Waals surface area contributed by atoms with E-state index in [0.29, 0.717) is 52.3 Å². The fourth-order valence-corrected chi connectivity index (χ4v) is 4.27. The van der Waals surface area contributed by atoms with Crippen LogP contribution in [-0.4, -0.2) is 33.9 Å². The van der Waals surface area contributed by atoms with E-state index in [1.807, 2.05) is 6.07 Å². The molecule has 0 aliphatic heterocycles. The van der Waals surface area contributed by atoms with Crippen LogP contribution in [0.2, 0.25) is 0 Å². The number of carbonyl (C=O) groups excluding carboxylic acids is 1. The molecule has 6 nitrogen and oxygen atoms in total. The zero-order valence-electron chi connectivity index (χ0n) is 18.5. The van der Waals surface area contributed by atoms with Gasteiger partial charge in [-0.05, 0) is 54.8 Å². The van der Waals surface area contributed by atoms with E-state index >= 15 is 0 Å². The number of anilines is 1. The summed E-state index contributed by atoms with van der Waals surface area (Å²) in [7, 11) is 1.50. The second-order valence-electron chi connectivity index (χ2n) is 8.25. The van der Waals surface area contributed by atoms with Gasteiger partial charge in [-0.25, -0.2) is 18.7 Å². The maximum atomic E-state index is 14.6. The molecule has 1 atom stereocenters. The summed E-state index contributed by atoms with van der Waals surface area (Å²) in [5, 5.41) is 3.88. The number of benzene rings is 2. The smallest absolute Gasteiger partial charge is 0.163 e. The molecular formula is C26H22F2N4O2. The Hall–Kier alpha value is -3.94. The maximum absolute atomic E-state index is 14.6. The summed E-state index contributed by atoms with van der Waals surface area (Å²) in [6, 6.07) is 10.1. The molecule has 2 aromatic carbocycles. The van der Waals surface area contributed by atoms with Gasteiger partial charge < -0.3 is 10.1 Å². The van der Waals surface area contributed by atoms with E-state index in [2.05, 4.69) is 10.3 Å². The standard InChI is InChI=1S/C26H22F2N4O2/c1-34-23-12-16(18-9-8-17(27)13-20(18)28)11-19-24(23)31-25(15-5-4-10-29-14-15)32-26(19)30-21-6-2-3-7-22(21)33/h4-5,8-14,21H,2-3,6-7H2,1H3,(H,30,31,32). The van der Waals surface area contributed by atoms with Gasteiger partial charge in [0.1, 0.15) is 28.7 Å². The minimum absolute atomic E-state index is 0.133. The molecule has 8 heteroatoms. The molecule has 1 unspecified atom stereocenters. The molecule has 0 spiro atoms. The van der Waals surface area contributed by atoms with Crippen LogP contribution in [0.15, 0.2) is 54.9 Å². The minimum Gasteiger partial charge on any atom is -0.494 e. The fraction of sp³-hybridized carbons (Fsp3) is 0.231. The van der Waals surface area contributed by atoms with E-state index in [4.69, 9.17) is 14.7 Å². The lowest BCUT2D eigenvalue weighted by Gasteiger charge is -2.23. The van der Waals surface area contributed by atoms with Crippen molar-refractivity contribution in [1.29, 1.82) is 0 Å². The van der Waals surface area contributed by atoms with Crippen molar-refractivity contribution < 1.29 is 18.3 Å². The average molecular weight is 460 g/mol. The van der Waals surface area contributed by atoms with Crippen LogP contribution in [0, 0.1) is 11.6 Å². The molecule has 0 saturated heterocycles. The third-order valence-electron chi connectivity index (χ3n) is 6.01. The largest absolute Gasteiger partial charge is 0.494 e. The van der Waals surface area contributed by atoms with Crippen LogP contribution >= 0.6 is 0 Å². The van der Waals surface area contributed by atoms with Gasteiger partial charge in [0, 0.05) is 41.4 Å². The third kappa shape index (κ3) is 4.19. The Labute approximate surface area is 195 Å². The molecule has 1 fully saturated rings. The van der Waals surface area contributed by atoms with Gasteiger partial charge in [0.05, 0.1) is 13.2 Å². The van der Waals surface area contributed by atoms with Crippen LogP contribution in [0.25, 0.3) is 33.4 Å². The highest BCUT2D eigenvalue weighted by Crippen LogP contribution is 2.37. The molecule has 0 amide bonds. The molecule has 5 rings (SSSR count). The number of methoxy groups -OCH3 is 1. The lowest BCUT2D eigenvalue weighted by Crippen LogP contribution is -2.32. The van der Waals surface area contributed by atoms with Gasteiger partial charge in [0.15, 0.2) is 11.6 Å². The summed E-state index contributed by atoms with van der Waals surface area (Å²) in [6.45, 7) is 0. The number of fused-ring (bicyclic) bond motifs is 1. The minimum atomic E-state index is -0.689. The Morgan fingerprint density at radius 2 is 1.94 bits per heavy atom. The Morgan fingerprint density at radius 1 is 1.06 bits per heavy atom. The van der Waals surface area contributed by atoms with Gasteiger partial charge in [0.25, 0.3) is 0 Å². The normalized spacial score (nSPS) is 16.0. The van der Waals surface area contributed by atoms with E-state index in [9.17, 15) is 13.6 Å². The van der Waals surface area contributed by atoms with Gasteiger partial charge in [-0.15, -0.1) is 0 Å². The number of hydrogen-bond donors (Lipinski definition) is 1. The van der Waals surface area contributed by atoms with Crippen molar-refractivity contribution in [2.75, 3.05) is 12.4 Å². The number of pyridine rings is 1. The highest BCUT2D eigenvalue weighted by molar-refractivity contribution is 5.99. The fourth-order valence-electron chi connectivity index (χ4n) is 4.27. The molecule has 2 heterocycles. The van der Waals surface area contributed by atoms with E-state index in [1.54, 1.807) is 30.6 Å². The van der Waals surface area contributed by atoms with Crippen molar-refractivity contribution >= 4 is 22.5 Å². The second-order valence-corrected chi connectivity index (χ2v) is 8.25. The molecule has 0 bridgehead atoms. The molecule has 0 radical (unpaired) electrons. The molecular weight excluding hydrogens is 438 g/mol. The number of aromatic nitrogens is 3.